The third-order valence-corrected chi connectivity index (χ3v) is 7.45. The Morgan fingerprint density at radius 2 is 1.78 bits per heavy atom. The number of hydrogen-bond acceptors (Lipinski definition) is 6. The van der Waals surface area contributed by atoms with Gasteiger partial charge in [-0.25, -0.2) is 14.3 Å². The van der Waals surface area contributed by atoms with Crippen molar-refractivity contribution in [1.82, 2.24) is 30.2 Å². The molecule has 0 bridgehead atoms. The minimum Gasteiger partial charge on any atom is -0.478 e. The highest BCUT2D eigenvalue weighted by molar-refractivity contribution is 5.98. The summed E-state index contributed by atoms with van der Waals surface area (Å²) in [4.78, 5) is 47.6. The fraction of sp³-hybridized carbons (Fsp3) is 0.161. The first-order valence-corrected chi connectivity index (χ1v) is 13.2. The van der Waals surface area contributed by atoms with Gasteiger partial charge in [-0.1, -0.05) is 42.5 Å². The van der Waals surface area contributed by atoms with E-state index >= 15 is 0 Å². The number of carbonyl (C=O) groups excluding carboxylic acids is 2. The number of nitrogens with zero attached hydrogens (tertiary/aromatic N) is 4. The van der Waals surface area contributed by atoms with E-state index in [1.54, 1.807) is 31.3 Å². The molecule has 0 saturated carbocycles. The molecule has 41 heavy (non-hydrogen) atoms. The van der Waals surface area contributed by atoms with Crippen molar-refractivity contribution in [2.45, 2.75) is 31.8 Å². The quantitative estimate of drug-likeness (QED) is 0.280. The molecule has 204 valence electrons. The lowest BCUT2D eigenvalue weighted by molar-refractivity contribution is 0.0695. The summed E-state index contributed by atoms with van der Waals surface area (Å²) >= 11 is 0. The third kappa shape index (κ3) is 4.91. The molecular formula is C31H26N6O4. The molecule has 3 aromatic heterocycles. The molecule has 10 nitrogen and oxygen atoms in total. The smallest absolute Gasteiger partial charge is 0.335 e. The van der Waals surface area contributed by atoms with Crippen LogP contribution in [0.5, 0.6) is 0 Å². The second kappa shape index (κ2) is 10.6. The van der Waals surface area contributed by atoms with E-state index in [9.17, 15) is 19.5 Å². The summed E-state index contributed by atoms with van der Waals surface area (Å²) in [5, 5.41) is 19.8. The molecule has 2 aromatic carbocycles. The maximum Gasteiger partial charge on any atom is 0.335 e. The second-order valence-electron chi connectivity index (χ2n) is 9.88. The lowest BCUT2D eigenvalue weighted by atomic mass is 9.98. The van der Waals surface area contributed by atoms with Gasteiger partial charge in [0.25, 0.3) is 11.8 Å². The van der Waals surface area contributed by atoms with Gasteiger partial charge in [0.05, 0.1) is 29.5 Å². The van der Waals surface area contributed by atoms with Crippen LogP contribution in [-0.2, 0) is 6.42 Å². The van der Waals surface area contributed by atoms with Crippen molar-refractivity contribution in [3.63, 3.8) is 0 Å². The summed E-state index contributed by atoms with van der Waals surface area (Å²) in [6.07, 6.45) is 4.47. The van der Waals surface area contributed by atoms with E-state index in [4.69, 9.17) is 0 Å². The Morgan fingerprint density at radius 1 is 0.976 bits per heavy atom. The minimum absolute atomic E-state index is 0.0637. The van der Waals surface area contributed by atoms with Gasteiger partial charge < -0.3 is 15.7 Å². The molecular weight excluding hydrogens is 520 g/mol. The van der Waals surface area contributed by atoms with E-state index in [-0.39, 0.29) is 23.0 Å². The Kier molecular flexibility index (Phi) is 6.72. The van der Waals surface area contributed by atoms with Gasteiger partial charge in [-0.2, -0.15) is 5.10 Å². The first-order chi connectivity index (χ1) is 19.9. The minimum atomic E-state index is -0.973. The number of fused-ring (bicyclic) bond motifs is 2. The molecule has 0 aliphatic heterocycles. The Labute approximate surface area is 235 Å². The molecule has 0 fully saturated rings. The predicted molar refractivity (Wildman–Crippen MR) is 150 cm³/mol. The normalized spacial score (nSPS) is 14.8. The highest BCUT2D eigenvalue weighted by Gasteiger charge is 2.29. The number of pyridine rings is 1. The van der Waals surface area contributed by atoms with Gasteiger partial charge in [-0.3, -0.25) is 14.6 Å². The number of rotatable bonds is 7. The molecule has 1 aliphatic rings. The highest BCUT2D eigenvalue weighted by Crippen LogP contribution is 2.35. The molecule has 1 aliphatic carbocycles. The Bertz CT molecular complexity index is 1750. The molecule has 2 atom stereocenters. The maximum absolute atomic E-state index is 13.6. The number of carbonyl (C=O) groups is 3. The van der Waals surface area contributed by atoms with Crippen molar-refractivity contribution in [3.8, 4) is 0 Å². The maximum atomic E-state index is 13.6. The van der Waals surface area contributed by atoms with Gasteiger partial charge in [-0.05, 0) is 60.2 Å². The van der Waals surface area contributed by atoms with Crippen LogP contribution in [0, 0.1) is 6.92 Å². The predicted octanol–water partition coefficient (Wildman–Crippen LogP) is 4.07. The van der Waals surface area contributed by atoms with Crippen molar-refractivity contribution < 1.29 is 19.5 Å². The SMILES string of the molecule is Cc1c(C(=O)O)ccc2c1CC[C@@H]2NC(=O)c1cc(C(=O)NC(c2ccccc2)c2ccccn2)nc2ccnn12. The molecule has 0 radical (unpaired) electrons. The zero-order valence-electron chi connectivity index (χ0n) is 22.1. The number of aromatic carboxylic acids is 1. The molecule has 1 unspecified atom stereocenters. The van der Waals surface area contributed by atoms with E-state index < -0.39 is 23.8 Å². The van der Waals surface area contributed by atoms with Crippen LogP contribution in [-0.4, -0.2) is 42.5 Å². The Morgan fingerprint density at radius 3 is 2.54 bits per heavy atom. The molecule has 10 heteroatoms. The number of amides is 2. The molecule has 0 saturated heterocycles. The number of hydrogen-bond donors (Lipinski definition) is 3. The average Bonchev–Trinajstić information content (AvgIpc) is 3.64. The number of carboxylic acid groups (broad SMARTS) is 1. The van der Waals surface area contributed by atoms with Crippen LogP contribution in [0.15, 0.2) is 85.2 Å². The molecule has 3 N–H and O–H groups in total. The summed E-state index contributed by atoms with van der Waals surface area (Å²) in [6, 6.07) is 20.6. The zero-order valence-corrected chi connectivity index (χ0v) is 22.1. The van der Waals surface area contributed by atoms with Crippen LogP contribution in [0.3, 0.4) is 0 Å². The van der Waals surface area contributed by atoms with Crippen LogP contribution >= 0.6 is 0 Å². The van der Waals surface area contributed by atoms with Crippen molar-refractivity contribution in [3.05, 3.63) is 130 Å². The number of aromatic nitrogens is 4. The topological polar surface area (TPSA) is 139 Å². The Balaban J connectivity index is 1.30. The third-order valence-electron chi connectivity index (χ3n) is 7.45. The summed E-state index contributed by atoms with van der Waals surface area (Å²) in [6.45, 7) is 1.79. The van der Waals surface area contributed by atoms with Crippen molar-refractivity contribution >= 4 is 23.4 Å². The second-order valence-corrected chi connectivity index (χ2v) is 9.88. The van der Waals surface area contributed by atoms with E-state index in [2.05, 4.69) is 25.7 Å². The van der Waals surface area contributed by atoms with Crippen LogP contribution in [0.1, 0.15) is 77.8 Å². The van der Waals surface area contributed by atoms with Crippen LogP contribution in [0.25, 0.3) is 5.65 Å². The largest absolute Gasteiger partial charge is 0.478 e. The average molecular weight is 547 g/mol. The van der Waals surface area contributed by atoms with Gasteiger partial charge in [0.2, 0.25) is 0 Å². The standard InChI is InChI=1S/C31H26N6O4/c1-18-20-12-13-23(22(20)11-10-21(18)31(40)41)35-30(39)26-17-25(34-27-14-16-33-37(26)27)29(38)36-28(19-7-3-2-4-8-19)24-9-5-6-15-32-24/h2-11,14-17,23,28H,12-13H2,1H3,(H,35,39)(H,36,38)(H,40,41)/t23-,28?/m0/s1. The summed E-state index contributed by atoms with van der Waals surface area (Å²) in [7, 11) is 0. The van der Waals surface area contributed by atoms with Crippen LogP contribution < -0.4 is 10.6 Å². The van der Waals surface area contributed by atoms with Crippen molar-refractivity contribution in [1.29, 1.82) is 0 Å². The number of carboxylic acids is 1. The van der Waals surface area contributed by atoms with Gasteiger partial charge in [-0.15, -0.1) is 0 Å². The Hall–Kier alpha value is -5.38. The fourth-order valence-electron chi connectivity index (χ4n) is 5.41. The zero-order chi connectivity index (χ0) is 28.5. The lowest BCUT2D eigenvalue weighted by Gasteiger charge is -2.19. The van der Waals surface area contributed by atoms with Crippen molar-refractivity contribution in [2.75, 3.05) is 0 Å². The van der Waals surface area contributed by atoms with Gasteiger partial charge in [0.1, 0.15) is 11.4 Å². The first-order valence-electron chi connectivity index (χ1n) is 13.2. The van der Waals surface area contributed by atoms with Gasteiger partial charge in [0, 0.05) is 18.3 Å². The van der Waals surface area contributed by atoms with E-state index in [1.807, 2.05) is 48.5 Å². The monoisotopic (exact) mass is 546 g/mol. The van der Waals surface area contributed by atoms with Gasteiger partial charge in [0.15, 0.2) is 5.65 Å². The first kappa shape index (κ1) is 25.9. The van der Waals surface area contributed by atoms with Crippen molar-refractivity contribution in [2.24, 2.45) is 0 Å². The van der Waals surface area contributed by atoms with E-state index in [0.717, 1.165) is 16.7 Å². The molecule has 6 rings (SSSR count). The summed E-state index contributed by atoms with van der Waals surface area (Å²) in [5.74, 6) is -1.86. The summed E-state index contributed by atoms with van der Waals surface area (Å²) in [5.41, 5.74) is 4.90. The molecule has 2 amide bonds. The summed E-state index contributed by atoms with van der Waals surface area (Å²) < 4.78 is 1.40. The molecule has 0 spiro atoms. The van der Waals surface area contributed by atoms with Crippen LogP contribution in [0.2, 0.25) is 0 Å². The lowest BCUT2D eigenvalue weighted by Crippen LogP contribution is -2.32. The van der Waals surface area contributed by atoms with Gasteiger partial charge >= 0.3 is 5.97 Å². The molecule has 3 heterocycles. The number of nitrogens with one attached hydrogen (secondary N) is 2. The van der Waals surface area contributed by atoms with E-state index in [1.165, 1.54) is 16.8 Å². The van der Waals surface area contributed by atoms with E-state index in [0.29, 0.717) is 29.7 Å². The number of benzene rings is 2. The highest BCUT2D eigenvalue weighted by atomic mass is 16.4. The fourth-order valence-corrected chi connectivity index (χ4v) is 5.41. The molecule has 5 aromatic rings. The van der Waals surface area contributed by atoms with Crippen LogP contribution in [0.4, 0.5) is 0 Å².